The van der Waals surface area contributed by atoms with E-state index in [0.29, 0.717) is 28.4 Å². The van der Waals surface area contributed by atoms with Gasteiger partial charge in [0.25, 0.3) is 5.91 Å². The monoisotopic (exact) mass is 307 g/mol. The molecule has 1 amide bonds. The van der Waals surface area contributed by atoms with E-state index in [1.807, 2.05) is 0 Å². The first kappa shape index (κ1) is 14.6. The van der Waals surface area contributed by atoms with E-state index in [1.54, 1.807) is 19.3 Å². The molecule has 5 heteroatoms. The molecule has 0 radical (unpaired) electrons. The number of carbonyl (C=O) groups excluding carboxylic acids is 1. The van der Waals surface area contributed by atoms with Crippen molar-refractivity contribution in [1.29, 1.82) is 0 Å². The molecular formula is C16H22ClN3O. The van der Waals surface area contributed by atoms with E-state index in [1.165, 1.54) is 25.7 Å². The molecule has 1 saturated heterocycles. The molecule has 1 aliphatic carbocycles. The molecule has 1 aliphatic heterocycles. The first-order chi connectivity index (χ1) is 10.2. The summed E-state index contributed by atoms with van der Waals surface area (Å²) in [5.41, 5.74) is 0.602. The zero-order valence-electron chi connectivity index (χ0n) is 12.4. The maximum atomic E-state index is 12.8. The van der Waals surface area contributed by atoms with Crippen LogP contribution in [0.2, 0.25) is 5.02 Å². The van der Waals surface area contributed by atoms with Gasteiger partial charge in [0.2, 0.25) is 0 Å². The molecule has 3 rings (SSSR count). The molecule has 0 unspecified atom stereocenters. The molecular weight excluding hydrogens is 286 g/mol. The molecule has 0 bridgehead atoms. The molecule has 1 saturated carbocycles. The number of likely N-dealkylation sites (tertiary alicyclic amines) is 1. The number of carbonyl (C=O) groups is 1. The van der Waals surface area contributed by atoms with Crippen LogP contribution in [0.4, 0.5) is 5.82 Å². The van der Waals surface area contributed by atoms with Crippen LogP contribution in [0.3, 0.4) is 0 Å². The Labute approximate surface area is 130 Å². The lowest BCUT2D eigenvalue weighted by Crippen LogP contribution is -2.49. The standard InChI is InChI=1S/C16H22ClN3O/c1-18-15-13(17)9-12(10-19-15)16(21)20-8-4-6-11-5-2-3-7-14(11)20/h9-11,14H,2-8H2,1H3,(H,18,19)/t11-,14-/m1/s1. The van der Waals surface area contributed by atoms with Crippen molar-refractivity contribution >= 4 is 23.3 Å². The molecule has 1 N–H and O–H groups in total. The van der Waals surface area contributed by atoms with E-state index in [9.17, 15) is 4.79 Å². The molecule has 0 spiro atoms. The van der Waals surface area contributed by atoms with Crippen molar-refractivity contribution in [2.24, 2.45) is 5.92 Å². The second-order valence-corrected chi connectivity index (χ2v) is 6.46. The SMILES string of the molecule is CNc1ncc(C(=O)N2CCC[C@H]3CCCC[C@H]32)cc1Cl. The Bertz CT molecular complexity index is 532. The summed E-state index contributed by atoms with van der Waals surface area (Å²) in [7, 11) is 1.77. The van der Waals surface area contributed by atoms with Gasteiger partial charge in [0.1, 0.15) is 5.82 Å². The number of nitrogens with one attached hydrogen (secondary N) is 1. The molecule has 2 atom stereocenters. The van der Waals surface area contributed by atoms with Gasteiger partial charge < -0.3 is 10.2 Å². The average Bonchev–Trinajstić information content (AvgIpc) is 2.53. The Morgan fingerprint density at radius 1 is 1.33 bits per heavy atom. The van der Waals surface area contributed by atoms with Gasteiger partial charge in [-0.2, -0.15) is 0 Å². The van der Waals surface area contributed by atoms with Crippen molar-refractivity contribution < 1.29 is 4.79 Å². The lowest BCUT2D eigenvalue weighted by Gasteiger charge is -2.44. The summed E-state index contributed by atoms with van der Waals surface area (Å²) in [5.74, 6) is 1.39. The highest BCUT2D eigenvalue weighted by Crippen LogP contribution is 2.36. The van der Waals surface area contributed by atoms with Crippen molar-refractivity contribution in [1.82, 2.24) is 9.88 Å². The Morgan fingerprint density at radius 3 is 2.86 bits per heavy atom. The summed E-state index contributed by atoms with van der Waals surface area (Å²) in [6.07, 6.45) is 8.98. The third kappa shape index (κ3) is 2.86. The number of aromatic nitrogens is 1. The first-order valence-corrected chi connectivity index (χ1v) is 8.23. The van der Waals surface area contributed by atoms with Crippen molar-refractivity contribution in [3.8, 4) is 0 Å². The lowest BCUT2D eigenvalue weighted by atomic mass is 9.78. The molecule has 1 aromatic rings. The van der Waals surface area contributed by atoms with Gasteiger partial charge in [0.05, 0.1) is 10.6 Å². The first-order valence-electron chi connectivity index (χ1n) is 7.85. The second-order valence-electron chi connectivity index (χ2n) is 6.06. The number of piperidine rings is 1. The van der Waals surface area contributed by atoms with Crippen LogP contribution in [0, 0.1) is 5.92 Å². The van der Waals surface area contributed by atoms with Crippen LogP contribution < -0.4 is 5.32 Å². The smallest absolute Gasteiger partial charge is 0.255 e. The number of rotatable bonds is 2. The van der Waals surface area contributed by atoms with Gasteiger partial charge in [-0.15, -0.1) is 0 Å². The molecule has 4 nitrogen and oxygen atoms in total. The van der Waals surface area contributed by atoms with Gasteiger partial charge in [0.15, 0.2) is 0 Å². The Balaban J connectivity index is 1.81. The van der Waals surface area contributed by atoms with Crippen LogP contribution in [-0.2, 0) is 0 Å². The van der Waals surface area contributed by atoms with Crippen molar-refractivity contribution in [2.45, 2.75) is 44.6 Å². The van der Waals surface area contributed by atoms with E-state index < -0.39 is 0 Å². The number of amides is 1. The number of pyridine rings is 1. The van der Waals surface area contributed by atoms with Gasteiger partial charge in [-0.3, -0.25) is 4.79 Å². The Kier molecular flexibility index (Phi) is 4.34. The third-order valence-corrected chi connectivity index (χ3v) is 5.12. The van der Waals surface area contributed by atoms with Crippen LogP contribution in [0.1, 0.15) is 48.9 Å². The van der Waals surface area contributed by atoms with Crippen molar-refractivity contribution in [3.63, 3.8) is 0 Å². The summed E-state index contributed by atoms with van der Waals surface area (Å²) in [4.78, 5) is 19.1. The Hall–Kier alpha value is -1.29. The van der Waals surface area contributed by atoms with Crippen molar-refractivity contribution in [3.05, 3.63) is 22.8 Å². The summed E-state index contributed by atoms with van der Waals surface area (Å²) in [6, 6.07) is 2.15. The van der Waals surface area contributed by atoms with E-state index in [-0.39, 0.29) is 5.91 Å². The number of fused-ring (bicyclic) bond motifs is 1. The normalized spacial score (nSPS) is 25.3. The maximum Gasteiger partial charge on any atom is 0.255 e. The second kappa shape index (κ2) is 6.22. The zero-order chi connectivity index (χ0) is 14.8. The van der Waals surface area contributed by atoms with E-state index in [2.05, 4.69) is 15.2 Å². The van der Waals surface area contributed by atoms with Crippen LogP contribution in [0.25, 0.3) is 0 Å². The van der Waals surface area contributed by atoms with Gasteiger partial charge in [-0.25, -0.2) is 4.98 Å². The fourth-order valence-corrected chi connectivity index (χ4v) is 4.04. The predicted molar refractivity (Wildman–Crippen MR) is 84.8 cm³/mol. The highest BCUT2D eigenvalue weighted by atomic mass is 35.5. The summed E-state index contributed by atoms with van der Waals surface area (Å²) < 4.78 is 0. The lowest BCUT2D eigenvalue weighted by molar-refractivity contribution is 0.0390. The minimum Gasteiger partial charge on any atom is -0.372 e. The van der Waals surface area contributed by atoms with Gasteiger partial charge in [0, 0.05) is 25.8 Å². The van der Waals surface area contributed by atoms with Gasteiger partial charge in [-0.1, -0.05) is 24.4 Å². The van der Waals surface area contributed by atoms with Gasteiger partial charge >= 0.3 is 0 Å². The van der Waals surface area contributed by atoms with E-state index in [4.69, 9.17) is 11.6 Å². The number of hydrogen-bond donors (Lipinski definition) is 1. The summed E-state index contributed by atoms with van der Waals surface area (Å²) in [6.45, 7) is 0.866. The zero-order valence-corrected chi connectivity index (χ0v) is 13.2. The van der Waals surface area contributed by atoms with Crippen molar-refractivity contribution in [2.75, 3.05) is 18.9 Å². The average molecular weight is 308 g/mol. The molecule has 114 valence electrons. The molecule has 2 fully saturated rings. The van der Waals surface area contributed by atoms with Gasteiger partial charge in [-0.05, 0) is 37.7 Å². The quantitative estimate of drug-likeness (QED) is 0.908. The van der Waals surface area contributed by atoms with Crippen LogP contribution >= 0.6 is 11.6 Å². The molecule has 1 aromatic heterocycles. The summed E-state index contributed by atoms with van der Waals surface area (Å²) >= 11 is 6.15. The van der Waals surface area contributed by atoms with Crippen LogP contribution in [-0.4, -0.2) is 35.4 Å². The molecule has 2 aliphatic rings. The third-order valence-electron chi connectivity index (χ3n) is 4.83. The minimum absolute atomic E-state index is 0.0867. The number of hydrogen-bond acceptors (Lipinski definition) is 3. The molecule has 2 heterocycles. The maximum absolute atomic E-state index is 12.8. The van der Waals surface area contributed by atoms with Crippen LogP contribution in [0.5, 0.6) is 0 Å². The molecule has 21 heavy (non-hydrogen) atoms. The largest absolute Gasteiger partial charge is 0.372 e. The number of nitrogens with zero attached hydrogens (tertiary/aromatic N) is 2. The topological polar surface area (TPSA) is 45.2 Å². The molecule has 0 aromatic carbocycles. The minimum atomic E-state index is 0.0867. The number of halogens is 1. The van der Waals surface area contributed by atoms with Crippen LogP contribution in [0.15, 0.2) is 12.3 Å². The fourth-order valence-electron chi connectivity index (χ4n) is 3.78. The summed E-state index contributed by atoms with van der Waals surface area (Å²) in [5, 5.41) is 3.42. The highest BCUT2D eigenvalue weighted by Gasteiger charge is 2.36. The fraction of sp³-hybridized carbons (Fsp3) is 0.625. The van der Waals surface area contributed by atoms with E-state index in [0.717, 1.165) is 19.4 Å². The number of anilines is 1. The highest BCUT2D eigenvalue weighted by molar-refractivity contribution is 6.33. The Morgan fingerprint density at radius 2 is 2.10 bits per heavy atom. The van der Waals surface area contributed by atoms with E-state index >= 15 is 0 Å². The predicted octanol–water partition coefficient (Wildman–Crippen LogP) is 3.57.